The van der Waals surface area contributed by atoms with Gasteiger partial charge in [0, 0.05) is 31.5 Å². The smallest absolute Gasteiger partial charge is 0.191 e. The van der Waals surface area contributed by atoms with E-state index in [-0.39, 0.29) is 6.04 Å². The summed E-state index contributed by atoms with van der Waals surface area (Å²) in [4.78, 5) is 18.1. The number of dihydropyridines is 1. The second-order valence-corrected chi connectivity index (χ2v) is 7.57. The second kappa shape index (κ2) is 9.16. The van der Waals surface area contributed by atoms with Crippen LogP contribution in [-0.4, -0.2) is 54.0 Å². The number of hydrogen-bond acceptors (Lipinski definition) is 10. The molecule has 0 aliphatic carbocycles. The lowest BCUT2D eigenvalue weighted by Crippen LogP contribution is -2.35. The summed E-state index contributed by atoms with van der Waals surface area (Å²) in [6.45, 7) is 2.64. The zero-order chi connectivity index (χ0) is 21.8. The Morgan fingerprint density at radius 2 is 2.22 bits per heavy atom. The van der Waals surface area contributed by atoms with E-state index in [0.29, 0.717) is 31.3 Å². The maximum atomic E-state index is 5.08. The molecule has 0 saturated heterocycles. The highest BCUT2D eigenvalue weighted by Crippen LogP contribution is 2.28. The monoisotopic (exact) mass is 431 g/mol. The lowest BCUT2D eigenvalue weighted by atomic mass is 10.1. The zero-order valence-corrected chi connectivity index (χ0v) is 17.7. The van der Waals surface area contributed by atoms with E-state index in [1.54, 1.807) is 19.5 Å². The second-order valence-electron chi connectivity index (χ2n) is 7.57. The van der Waals surface area contributed by atoms with Crippen molar-refractivity contribution in [2.75, 3.05) is 42.6 Å². The number of fused-ring (bicyclic) bond motifs is 2. The molecule has 1 atom stereocenters. The van der Waals surface area contributed by atoms with Gasteiger partial charge in [0.1, 0.15) is 5.82 Å². The number of hydrogen-bond donors (Lipinski definition) is 4. The predicted molar refractivity (Wildman–Crippen MR) is 125 cm³/mol. The Kier molecular flexibility index (Phi) is 5.77. The highest BCUT2D eigenvalue weighted by Gasteiger charge is 2.23. The van der Waals surface area contributed by atoms with Crippen molar-refractivity contribution >= 4 is 34.6 Å². The third-order valence-electron chi connectivity index (χ3n) is 5.21. The summed E-state index contributed by atoms with van der Waals surface area (Å²) in [6, 6.07) is 10.3. The van der Waals surface area contributed by atoms with Crippen LogP contribution >= 0.6 is 0 Å². The molecule has 4 heterocycles. The summed E-state index contributed by atoms with van der Waals surface area (Å²) < 4.78 is 5.08. The molecule has 10 nitrogen and oxygen atoms in total. The molecule has 32 heavy (non-hydrogen) atoms. The molecule has 0 radical (unpaired) electrons. The maximum Gasteiger partial charge on any atom is 0.191 e. The fourth-order valence-electron chi connectivity index (χ4n) is 3.68. The molecule has 0 spiro atoms. The van der Waals surface area contributed by atoms with Crippen molar-refractivity contribution in [3.05, 3.63) is 60.1 Å². The van der Waals surface area contributed by atoms with Crippen LogP contribution in [0, 0.1) is 0 Å². The fraction of sp³-hybridized carbons (Fsp3) is 0.273. The van der Waals surface area contributed by atoms with E-state index >= 15 is 0 Å². The van der Waals surface area contributed by atoms with Gasteiger partial charge in [-0.1, -0.05) is 12.1 Å². The Hall–Kier alpha value is -3.76. The molecule has 164 valence electrons. The minimum atomic E-state index is 0.0288. The largest absolute Gasteiger partial charge is 0.383 e. The Morgan fingerprint density at radius 1 is 1.25 bits per heavy atom. The van der Waals surface area contributed by atoms with Crippen LogP contribution < -0.4 is 26.6 Å². The number of methoxy groups -OCH3 is 1. The highest BCUT2D eigenvalue weighted by molar-refractivity contribution is 5.80. The van der Waals surface area contributed by atoms with Gasteiger partial charge >= 0.3 is 0 Å². The lowest BCUT2D eigenvalue weighted by Gasteiger charge is -2.20. The van der Waals surface area contributed by atoms with Crippen molar-refractivity contribution in [1.82, 2.24) is 25.8 Å². The number of benzene rings is 1. The summed E-state index contributed by atoms with van der Waals surface area (Å²) in [5.74, 6) is 2.12. The van der Waals surface area contributed by atoms with E-state index in [1.807, 2.05) is 23.4 Å². The van der Waals surface area contributed by atoms with E-state index in [9.17, 15) is 0 Å². The average molecular weight is 432 g/mol. The predicted octanol–water partition coefficient (Wildman–Crippen LogP) is 1.86. The molecule has 4 N–H and O–H groups in total. The minimum absolute atomic E-state index is 0.0288. The standard InChI is InChI=1S/C22H25N9O/c1-32-8-7-24-17-10-18(12-23-11-17)27-20-13-26-21-22(28-20)31(30-29-21)14-15-4-5-19-16(9-15)3-2-6-25-19/h2-6,9-11,13,18,24,30H,7-8,12,14H2,1H3,(H,26,29)(H,27,28). The molecule has 10 heteroatoms. The number of nitrogens with one attached hydrogen (secondary N) is 4. The first-order chi connectivity index (χ1) is 15.8. The molecule has 0 saturated carbocycles. The van der Waals surface area contributed by atoms with Gasteiger partial charge in [0.2, 0.25) is 0 Å². The van der Waals surface area contributed by atoms with Gasteiger partial charge in [0.05, 0.1) is 43.1 Å². The van der Waals surface area contributed by atoms with Crippen molar-refractivity contribution in [3.8, 4) is 0 Å². The third kappa shape index (κ3) is 4.46. The van der Waals surface area contributed by atoms with Gasteiger partial charge in [-0.3, -0.25) is 20.4 Å². The van der Waals surface area contributed by atoms with Crippen molar-refractivity contribution in [2.24, 2.45) is 4.99 Å². The van der Waals surface area contributed by atoms with E-state index in [0.717, 1.165) is 34.5 Å². The molecule has 2 aliphatic rings. The van der Waals surface area contributed by atoms with Crippen LogP contribution in [0.2, 0.25) is 0 Å². The SMILES string of the molecule is COCCNC1=CC(Nc2cnc3c(n2)N(Cc2ccc4ncccc4c2)NN3)CN=C1. The molecule has 5 rings (SSSR count). The number of rotatable bonds is 8. The first-order valence-corrected chi connectivity index (χ1v) is 10.5. The van der Waals surface area contributed by atoms with Crippen LogP contribution in [0.3, 0.4) is 0 Å². The summed E-state index contributed by atoms with van der Waals surface area (Å²) in [6.07, 6.45) is 7.48. The van der Waals surface area contributed by atoms with Crippen LogP contribution in [0.15, 0.2) is 59.5 Å². The molecular weight excluding hydrogens is 406 g/mol. The molecule has 3 aromatic rings. The van der Waals surface area contributed by atoms with Crippen LogP contribution in [0.5, 0.6) is 0 Å². The van der Waals surface area contributed by atoms with E-state index in [1.165, 1.54) is 0 Å². The van der Waals surface area contributed by atoms with Crippen molar-refractivity contribution < 1.29 is 4.74 Å². The molecule has 2 aliphatic heterocycles. The Bertz CT molecular complexity index is 1160. The number of hydrazine groups is 2. The molecule has 2 aromatic heterocycles. The van der Waals surface area contributed by atoms with Gasteiger partial charge in [0.25, 0.3) is 0 Å². The zero-order valence-electron chi connectivity index (χ0n) is 17.7. The van der Waals surface area contributed by atoms with E-state index in [2.05, 4.69) is 60.8 Å². The first-order valence-electron chi connectivity index (χ1n) is 10.5. The summed E-state index contributed by atoms with van der Waals surface area (Å²) in [5, 5.41) is 9.77. The molecule has 0 bridgehead atoms. The van der Waals surface area contributed by atoms with Crippen molar-refractivity contribution in [3.63, 3.8) is 0 Å². The van der Waals surface area contributed by atoms with Crippen molar-refractivity contribution in [2.45, 2.75) is 12.6 Å². The maximum absolute atomic E-state index is 5.08. The van der Waals surface area contributed by atoms with Gasteiger partial charge in [-0.15, -0.1) is 5.53 Å². The van der Waals surface area contributed by atoms with Gasteiger partial charge in [0.15, 0.2) is 11.6 Å². The first kappa shape index (κ1) is 20.2. The summed E-state index contributed by atoms with van der Waals surface area (Å²) >= 11 is 0. The van der Waals surface area contributed by atoms with Crippen LogP contribution in [0.4, 0.5) is 17.5 Å². The van der Waals surface area contributed by atoms with Gasteiger partial charge in [-0.05, 0) is 29.8 Å². The van der Waals surface area contributed by atoms with Gasteiger partial charge in [-0.25, -0.2) is 9.97 Å². The Labute approximate surface area is 185 Å². The summed E-state index contributed by atoms with van der Waals surface area (Å²) in [5.41, 5.74) is 9.31. The molecule has 0 fully saturated rings. The third-order valence-corrected chi connectivity index (χ3v) is 5.21. The quantitative estimate of drug-likeness (QED) is 0.397. The number of ether oxygens (including phenoxy) is 1. The lowest BCUT2D eigenvalue weighted by molar-refractivity contribution is 0.202. The highest BCUT2D eigenvalue weighted by atomic mass is 16.5. The van der Waals surface area contributed by atoms with Crippen LogP contribution in [0.1, 0.15) is 5.56 Å². The van der Waals surface area contributed by atoms with Crippen LogP contribution in [-0.2, 0) is 11.3 Å². The van der Waals surface area contributed by atoms with Gasteiger partial charge in [-0.2, -0.15) is 0 Å². The number of pyridine rings is 1. The minimum Gasteiger partial charge on any atom is -0.383 e. The average Bonchev–Trinajstić information content (AvgIpc) is 3.21. The van der Waals surface area contributed by atoms with Crippen molar-refractivity contribution in [1.29, 1.82) is 0 Å². The number of nitrogens with zero attached hydrogens (tertiary/aromatic N) is 5. The number of aliphatic imine (C=N–C) groups is 1. The number of allylic oxidation sites excluding steroid dienone is 1. The Balaban J connectivity index is 1.28. The van der Waals surface area contributed by atoms with E-state index in [4.69, 9.17) is 9.72 Å². The molecule has 1 aromatic carbocycles. The normalized spacial score (nSPS) is 17.1. The Morgan fingerprint density at radius 3 is 3.16 bits per heavy atom. The molecule has 0 amide bonds. The fourth-order valence-corrected chi connectivity index (χ4v) is 3.68. The van der Waals surface area contributed by atoms with Crippen LogP contribution in [0.25, 0.3) is 10.9 Å². The number of aromatic nitrogens is 3. The number of anilines is 3. The topological polar surface area (TPSA) is 112 Å². The molecule has 1 unspecified atom stereocenters. The van der Waals surface area contributed by atoms with E-state index < -0.39 is 0 Å². The molecular formula is C22H25N9O. The van der Waals surface area contributed by atoms with Gasteiger partial charge < -0.3 is 15.4 Å². The summed E-state index contributed by atoms with van der Waals surface area (Å²) in [7, 11) is 1.69.